The van der Waals surface area contributed by atoms with Crippen LogP contribution in [0.2, 0.25) is 5.02 Å². The molecule has 158 valence electrons. The van der Waals surface area contributed by atoms with Crippen molar-refractivity contribution in [2.24, 2.45) is 0 Å². The van der Waals surface area contributed by atoms with E-state index < -0.39 is 0 Å². The lowest BCUT2D eigenvalue weighted by Gasteiger charge is -2.34. The number of nitrogens with zero attached hydrogens (tertiary/aromatic N) is 4. The van der Waals surface area contributed by atoms with Crippen molar-refractivity contribution in [3.05, 3.63) is 59.5 Å². The molecule has 1 aromatic carbocycles. The van der Waals surface area contributed by atoms with Crippen molar-refractivity contribution < 1.29 is 9.53 Å². The molecule has 0 bridgehead atoms. The number of rotatable bonds is 7. The largest absolute Gasteiger partial charge is 0.495 e. The van der Waals surface area contributed by atoms with E-state index in [0.29, 0.717) is 23.7 Å². The van der Waals surface area contributed by atoms with Gasteiger partial charge >= 0.3 is 0 Å². The van der Waals surface area contributed by atoms with Gasteiger partial charge in [0.05, 0.1) is 18.5 Å². The number of nitrogens with one attached hydrogen (secondary N) is 1. The van der Waals surface area contributed by atoms with Gasteiger partial charge in [0, 0.05) is 63.1 Å². The summed E-state index contributed by atoms with van der Waals surface area (Å²) in [5, 5.41) is 3.88. The molecule has 30 heavy (non-hydrogen) atoms. The molecule has 3 aromatic rings. The summed E-state index contributed by atoms with van der Waals surface area (Å²) in [5.74, 6) is 0.878. The molecule has 7 nitrogen and oxygen atoms in total. The van der Waals surface area contributed by atoms with Crippen molar-refractivity contribution in [3.8, 4) is 5.75 Å². The number of anilines is 1. The summed E-state index contributed by atoms with van der Waals surface area (Å²) in [6, 6.07) is 11.4. The van der Waals surface area contributed by atoms with E-state index in [1.807, 2.05) is 45.8 Å². The highest BCUT2D eigenvalue weighted by Gasteiger charge is 2.21. The number of imidazole rings is 1. The van der Waals surface area contributed by atoms with Crippen LogP contribution in [-0.2, 0) is 11.3 Å². The number of piperazine rings is 1. The standard InChI is InChI=1S/C22H26ClN5O2/c1-30-20-6-5-17(23)14-19(20)24-8-7-22(29)27-12-10-26(11-13-27)15-18-16-28-9-3-2-4-21(28)25-18/h2-6,9,14,16,24H,7-8,10-13,15H2,1H3. The predicted octanol–water partition coefficient (Wildman–Crippen LogP) is 3.14. The van der Waals surface area contributed by atoms with Gasteiger partial charge in [-0.25, -0.2) is 4.98 Å². The predicted molar refractivity (Wildman–Crippen MR) is 118 cm³/mol. The van der Waals surface area contributed by atoms with Gasteiger partial charge in [-0.2, -0.15) is 0 Å². The van der Waals surface area contributed by atoms with Crippen LogP contribution in [0.4, 0.5) is 5.69 Å². The average Bonchev–Trinajstić information content (AvgIpc) is 3.16. The molecular formula is C22H26ClN5O2. The molecule has 1 N–H and O–H groups in total. The molecule has 4 rings (SSSR count). The van der Waals surface area contributed by atoms with Gasteiger partial charge in [0.25, 0.3) is 0 Å². The second kappa shape index (κ2) is 9.36. The molecule has 1 saturated heterocycles. The maximum absolute atomic E-state index is 12.6. The number of hydrogen-bond acceptors (Lipinski definition) is 5. The number of halogens is 1. The van der Waals surface area contributed by atoms with Crippen molar-refractivity contribution in [2.45, 2.75) is 13.0 Å². The molecule has 0 atom stereocenters. The molecule has 0 saturated carbocycles. The SMILES string of the molecule is COc1ccc(Cl)cc1NCCC(=O)N1CCN(Cc2cn3ccccc3n2)CC1. The molecule has 1 aliphatic rings. The number of carbonyl (C=O) groups is 1. The number of ether oxygens (including phenoxy) is 1. The van der Waals surface area contributed by atoms with E-state index in [-0.39, 0.29) is 5.91 Å². The van der Waals surface area contributed by atoms with Crippen molar-refractivity contribution >= 4 is 28.8 Å². The van der Waals surface area contributed by atoms with Crippen LogP contribution in [0.5, 0.6) is 5.75 Å². The summed E-state index contributed by atoms with van der Waals surface area (Å²) in [4.78, 5) is 21.5. The third kappa shape index (κ3) is 4.86. The number of amides is 1. The number of aromatic nitrogens is 2. The van der Waals surface area contributed by atoms with Crippen LogP contribution < -0.4 is 10.1 Å². The number of benzene rings is 1. The Morgan fingerprint density at radius 3 is 2.80 bits per heavy atom. The van der Waals surface area contributed by atoms with Crippen LogP contribution in [0, 0.1) is 0 Å². The highest BCUT2D eigenvalue weighted by Crippen LogP contribution is 2.27. The maximum Gasteiger partial charge on any atom is 0.224 e. The minimum Gasteiger partial charge on any atom is -0.495 e. The summed E-state index contributed by atoms with van der Waals surface area (Å²) in [5.41, 5.74) is 2.82. The van der Waals surface area contributed by atoms with Gasteiger partial charge in [0.2, 0.25) is 5.91 Å². The van der Waals surface area contributed by atoms with E-state index >= 15 is 0 Å². The Hall–Kier alpha value is -2.77. The quantitative estimate of drug-likeness (QED) is 0.627. The van der Waals surface area contributed by atoms with E-state index in [0.717, 1.165) is 49.8 Å². The lowest BCUT2D eigenvalue weighted by Crippen LogP contribution is -2.48. The molecule has 1 amide bonds. The van der Waals surface area contributed by atoms with Gasteiger partial charge in [-0.3, -0.25) is 9.69 Å². The van der Waals surface area contributed by atoms with Crippen LogP contribution in [0.3, 0.4) is 0 Å². The van der Waals surface area contributed by atoms with Gasteiger partial charge in [0.1, 0.15) is 11.4 Å². The lowest BCUT2D eigenvalue weighted by atomic mass is 10.2. The number of pyridine rings is 1. The zero-order valence-electron chi connectivity index (χ0n) is 17.1. The monoisotopic (exact) mass is 427 g/mol. The topological polar surface area (TPSA) is 62.1 Å². The van der Waals surface area contributed by atoms with Crippen LogP contribution in [0.15, 0.2) is 48.8 Å². The van der Waals surface area contributed by atoms with Crippen LogP contribution in [0.25, 0.3) is 5.65 Å². The van der Waals surface area contributed by atoms with Crippen molar-refractivity contribution in [1.82, 2.24) is 19.2 Å². The van der Waals surface area contributed by atoms with Crippen LogP contribution in [0.1, 0.15) is 12.1 Å². The van der Waals surface area contributed by atoms with E-state index in [9.17, 15) is 4.79 Å². The minimum absolute atomic E-state index is 0.163. The number of methoxy groups -OCH3 is 1. The van der Waals surface area contributed by atoms with E-state index in [2.05, 4.69) is 21.4 Å². The zero-order chi connectivity index (χ0) is 20.9. The van der Waals surface area contributed by atoms with E-state index in [4.69, 9.17) is 16.3 Å². The zero-order valence-corrected chi connectivity index (χ0v) is 17.8. The molecule has 1 aliphatic heterocycles. The molecule has 0 spiro atoms. The van der Waals surface area contributed by atoms with Gasteiger partial charge < -0.3 is 19.4 Å². The van der Waals surface area contributed by atoms with Gasteiger partial charge in [-0.05, 0) is 30.3 Å². The fourth-order valence-corrected chi connectivity index (χ4v) is 3.90. The first kappa shape index (κ1) is 20.5. The first-order chi connectivity index (χ1) is 14.6. The Kier molecular flexibility index (Phi) is 6.40. The molecule has 3 heterocycles. The normalized spacial score (nSPS) is 14.8. The maximum atomic E-state index is 12.6. The fourth-order valence-electron chi connectivity index (χ4n) is 3.73. The summed E-state index contributed by atoms with van der Waals surface area (Å²) in [7, 11) is 1.62. The second-order valence-corrected chi connectivity index (χ2v) is 7.81. The highest BCUT2D eigenvalue weighted by molar-refractivity contribution is 6.30. The molecule has 0 aliphatic carbocycles. The van der Waals surface area contributed by atoms with Gasteiger partial charge in [-0.15, -0.1) is 0 Å². The first-order valence-electron chi connectivity index (χ1n) is 10.1. The summed E-state index contributed by atoms with van der Waals surface area (Å²) >= 11 is 6.05. The molecule has 2 aromatic heterocycles. The van der Waals surface area contributed by atoms with Crippen molar-refractivity contribution in [2.75, 3.05) is 45.2 Å². The van der Waals surface area contributed by atoms with Gasteiger partial charge in [-0.1, -0.05) is 17.7 Å². The summed E-state index contributed by atoms with van der Waals surface area (Å²) < 4.78 is 7.36. The molecule has 0 unspecified atom stereocenters. The van der Waals surface area contributed by atoms with E-state index in [1.54, 1.807) is 13.2 Å². The van der Waals surface area contributed by atoms with Crippen molar-refractivity contribution in [3.63, 3.8) is 0 Å². The minimum atomic E-state index is 0.163. The van der Waals surface area contributed by atoms with Crippen LogP contribution >= 0.6 is 11.6 Å². The molecular weight excluding hydrogens is 402 g/mol. The Balaban J connectivity index is 1.23. The third-order valence-electron chi connectivity index (χ3n) is 5.34. The van der Waals surface area contributed by atoms with E-state index in [1.165, 1.54) is 0 Å². The fraction of sp³-hybridized carbons (Fsp3) is 0.364. The highest BCUT2D eigenvalue weighted by atomic mass is 35.5. The number of hydrogen-bond donors (Lipinski definition) is 1. The third-order valence-corrected chi connectivity index (χ3v) is 5.58. The van der Waals surface area contributed by atoms with Crippen LogP contribution in [-0.4, -0.2) is 64.9 Å². The summed E-state index contributed by atoms with van der Waals surface area (Å²) in [6.45, 7) is 4.54. The Labute approximate surface area is 181 Å². The Morgan fingerprint density at radius 1 is 1.20 bits per heavy atom. The lowest BCUT2D eigenvalue weighted by molar-refractivity contribution is -0.132. The Morgan fingerprint density at radius 2 is 2.03 bits per heavy atom. The number of carbonyl (C=O) groups excluding carboxylic acids is 1. The summed E-state index contributed by atoms with van der Waals surface area (Å²) in [6.07, 6.45) is 4.51. The molecule has 8 heteroatoms. The van der Waals surface area contributed by atoms with Crippen molar-refractivity contribution in [1.29, 1.82) is 0 Å². The Bertz CT molecular complexity index is 981. The molecule has 0 radical (unpaired) electrons. The first-order valence-corrected chi connectivity index (χ1v) is 10.5. The molecule has 1 fully saturated rings. The smallest absolute Gasteiger partial charge is 0.224 e. The van der Waals surface area contributed by atoms with Gasteiger partial charge in [0.15, 0.2) is 0 Å². The second-order valence-electron chi connectivity index (χ2n) is 7.38. The number of fused-ring (bicyclic) bond motifs is 1. The average molecular weight is 428 g/mol.